The second-order valence-corrected chi connectivity index (χ2v) is 9.49. The fraction of sp³-hybridized carbons (Fsp3) is 0.375. The highest BCUT2D eigenvalue weighted by atomic mass is 16.5. The molecule has 182 valence electrons. The van der Waals surface area contributed by atoms with Crippen molar-refractivity contribution in [1.82, 2.24) is 0 Å². The van der Waals surface area contributed by atoms with Crippen molar-refractivity contribution in [2.45, 2.75) is 72.1 Å². The summed E-state index contributed by atoms with van der Waals surface area (Å²) in [6, 6.07) is 23.8. The van der Waals surface area contributed by atoms with E-state index in [-0.39, 0.29) is 0 Å². The molecule has 3 heteroatoms. The van der Waals surface area contributed by atoms with Gasteiger partial charge in [-0.2, -0.15) is 5.26 Å². The molecule has 0 radical (unpaired) electrons. The highest BCUT2D eigenvalue weighted by Crippen LogP contribution is 2.25. The predicted molar refractivity (Wildman–Crippen MR) is 144 cm³/mol. The highest BCUT2D eigenvalue weighted by Gasteiger charge is 2.13. The summed E-state index contributed by atoms with van der Waals surface area (Å²) in [5.41, 5.74) is 5.49. The minimum atomic E-state index is -0.457. The number of rotatable bonds is 12. The predicted octanol–water partition coefficient (Wildman–Crippen LogP) is 8.55. The van der Waals surface area contributed by atoms with Gasteiger partial charge in [0.2, 0.25) is 0 Å². The fourth-order valence-electron chi connectivity index (χ4n) is 4.18. The molecule has 0 bridgehead atoms. The van der Waals surface area contributed by atoms with E-state index in [0.29, 0.717) is 22.8 Å². The molecule has 0 saturated carbocycles. The number of hydrogen-bond acceptors (Lipinski definition) is 3. The maximum Gasteiger partial charge on any atom is 0.343 e. The maximum atomic E-state index is 12.7. The van der Waals surface area contributed by atoms with Crippen LogP contribution in [0.4, 0.5) is 0 Å². The van der Waals surface area contributed by atoms with Crippen LogP contribution in [0, 0.1) is 17.2 Å². The van der Waals surface area contributed by atoms with Crippen molar-refractivity contribution in [3.05, 3.63) is 89.0 Å². The van der Waals surface area contributed by atoms with Gasteiger partial charge in [-0.15, -0.1) is 0 Å². The first kappa shape index (κ1) is 26.2. The first-order valence-electron chi connectivity index (χ1n) is 13.0. The van der Waals surface area contributed by atoms with E-state index in [0.717, 1.165) is 36.0 Å². The Hall–Kier alpha value is -3.38. The number of benzene rings is 3. The van der Waals surface area contributed by atoms with Gasteiger partial charge in [-0.25, -0.2) is 4.79 Å². The van der Waals surface area contributed by atoms with Crippen LogP contribution in [0.2, 0.25) is 0 Å². The summed E-state index contributed by atoms with van der Waals surface area (Å²) in [5.74, 6) is 0.390. The third-order valence-electron chi connectivity index (χ3n) is 6.63. The molecule has 35 heavy (non-hydrogen) atoms. The van der Waals surface area contributed by atoms with Crippen molar-refractivity contribution in [2.24, 2.45) is 5.92 Å². The lowest BCUT2D eigenvalue weighted by Gasteiger charge is -2.11. The van der Waals surface area contributed by atoms with Gasteiger partial charge in [0.1, 0.15) is 11.8 Å². The second kappa shape index (κ2) is 13.5. The van der Waals surface area contributed by atoms with E-state index < -0.39 is 5.97 Å². The Kier molecular flexibility index (Phi) is 10.1. The molecular weight excluding hydrogens is 430 g/mol. The number of aryl methyl sites for hydroxylation is 1. The van der Waals surface area contributed by atoms with Crippen molar-refractivity contribution in [1.29, 1.82) is 5.26 Å². The molecule has 0 heterocycles. The molecule has 0 N–H and O–H groups in total. The van der Waals surface area contributed by atoms with E-state index in [1.54, 1.807) is 18.2 Å². The number of unbranched alkanes of at least 4 members (excludes halogenated alkanes) is 4. The normalized spacial score (nSPS) is 11.6. The van der Waals surface area contributed by atoms with Gasteiger partial charge in [0.15, 0.2) is 0 Å². The Morgan fingerprint density at radius 2 is 1.49 bits per heavy atom. The summed E-state index contributed by atoms with van der Waals surface area (Å²) in [4.78, 5) is 12.7. The Balaban J connectivity index is 1.60. The van der Waals surface area contributed by atoms with Crippen LogP contribution in [-0.4, -0.2) is 5.97 Å². The van der Waals surface area contributed by atoms with E-state index in [1.165, 1.54) is 37.7 Å². The Morgan fingerprint density at radius 1 is 0.857 bits per heavy atom. The molecule has 0 aromatic heterocycles. The molecule has 0 saturated heterocycles. The number of hydrogen-bond donors (Lipinski definition) is 0. The topological polar surface area (TPSA) is 50.1 Å². The van der Waals surface area contributed by atoms with Gasteiger partial charge in [0, 0.05) is 0 Å². The fourth-order valence-corrected chi connectivity index (χ4v) is 4.18. The van der Waals surface area contributed by atoms with Gasteiger partial charge in [0.05, 0.1) is 11.1 Å². The lowest BCUT2D eigenvalue weighted by Crippen LogP contribution is -2.09. The summed E-state index contributed by atoms with van der Waals surface area (Å²) in [7, 11) is 0. The van der Waals surface area contributed by atoms with Gasteiger partial charge in [-0.05, 0) is 71.7 Å². The van der Waals surface area contributed by atoms with E-state index in [4.69, 9.17) is 4.74 Å². The molecule has 3 aromatic rings. The van der Waals surface area contributed by atoms with Crippen LogP contribution in [0.15, 0.2) is 66.7 Å². The summed E-state index contributed by atoms with van der Waals surface area (Å²) in [6.45, 7) is 6.59. The summed E-state index contributed by atoms with van der Waals surface area (Å²) >= 11 is 0. The van der Waals surface area contributed by atoms with Crippen LogP contribution in [0.3, 0.4) is 0 Å². The van der Waals surface area contributed by atoms with Crippen molar-refractivity contribution in [2.75, 3.05) is 0 Å². The molecule has 3 aromatic carbocycles. The zero-order valence-corrected chi connectivity index (χ0v) is 21.3. The van der Waals surface area contributed by atoms with Crippen LogP contribution in [-0.2, 0) is 12.8 Å². The Bertz CT molecular complexity index is 1120. The summed E-state index contributed by atoms with van der Waals surface area (Å²) in [5, 5.41) is 9.54. The van der Waals surface area contributed by atoms with Crippen molar-refractivity contribution < 1.29 is 9.53 Å². The molecule has 0 fully saturated rings. The lowest BCUT2D eigenvalue weighted by molar-refractivity contribution is 0.0734. The van der Waals surface area contributed by atoms with Crippen LogP contribution in [0.25, 0.3) is 11.1 Å². The molecule has 0 aliphatic heterocycles. The average molecular weight is 468 g/mol. The maximum absolute atomic E-state index is 12.7. The molecular formula is C32H37NO2. The van der Waals surface area contributed by atoms with Gasteiger partial charge in [-0.1, -0.05) is 95.3 Å². The smallest absolute Gasteiger partial charge is 0.343 e. The molecule has 0 aliphatic carbocycles. The van der Waals surface area contributed by atoms with Gasteiger partial charge in [0.25, 0.3) is 0 Å². The zero-order valence-electron chi connectivity index (χ0n) is 21.3. The SMILES string of the molecule is CCCCCCCc1ccc(-c2ccc(C(=O)Oc3ccc(CC(C)CC)cc3C#N)cc2)cc1. The number of ether oxygens (including phenoxy) is 1. The van der Waals surface area contributed by atoms with E-state index in [1.807, 2.05) is 24.3 Å². The molecule has 3 nitrogen and oxygen atoms in total. The van der Waals surface area contributed by atoms with Crippen LogP contribution < -0.4 is 4.74 Å². The van der Waals surface area contributed by atoms with Crippen LogP contribution in [0.1, 0.15) is 86.3 Å². The number of carbonyl (C=O) groups is 1. The number of nitrogens with zero attached hydrogens (tertiary/aromatic N) is 1. The molecule has 0 amide bonds. The average Bonchev–Trinajstić information content (AvgIpc) is 2.89. The first-order valence-corrected chi connectivity index (χ1v) is 13.0. The van der Waals surface area contributed by atoms with Gasteiger partial charge >= 0.3 is 5.97 Å². The van der Waals surface area contributed by atoms with E-state index >= 15 is 0 Å². The molecule has 0 spiro atoms. The quantitative estimate of drug-likeness (QED) is 0.152. The van der Waals surface area contributed by atoms with Crippen LogP contribution >= 0.6 is 0 Å². The van der Waals surface area contributed by atoms with E-state index in [2.05, 4.69) is 51.1 Å². The minimum absolute atomic E-state index is 0.305. The zero-order chi connectivity index (χ0) is 25.0. The third-order valence-corrected chi connectivity index (χ3v) is 6.63. The lowest BCUT2D eigenvalue weighted by atomic mass is 9.97. The largest absolute Gasteiger partial charge is 0.422 e. The Labute approximate surface area is 210 Å². The van der Waals surface area contributed by atoms with Crippen LogP contribution in [0.5, 0.6) is 5.75 Å². The molecule has 3 rings (SSSR count). The molecule has 1 atom stereocenters. The second-order valence-electron chi connectivity index (χ2n) is 9.49. The molecule has 1 unspecified atom stereocenters. The van der Waals surface area contributed by atoms with Crippen molar-refractivity contribution >= 4 is 5.97 Å². The number of esters is 1. The Morgan fingerprint density at radius 3 is 2.11 bits per heavy atom. The minimum Gasteiger partial charge on any atom is -0.422 e. The van der Waals surface area contributed by atoms with Crippen molar-refractivity contribution in [3.63, 3.8) is 0 Å². The highest BCUT2D eigenvalue weighted by molar-refractivity contribution is 5.92. The van der Waals surface area contributed by atoms with Crippen molar-refractivity contribution in [3.8, 4) is 22.9 Å². The van der Waals surface area contributed by atoms with Gasteiger partial charge < -0.3 is 4.74 Å². The van der Waals surface area contributed by atoms with Gasteiger partial charge in [-0.3, -0.25) is 0 Å². The monoisotopic (exact) mass is 467 g/mol. The van der Waals surface area contributed by atoms with E-state index in [9.17, 15) is 10.1 Å². The summed E-state index contributed by atoms with van der Waals surface area (Å²) in [6.07, 6.45) is 9.57. The molecule has 0 aliphatic rings. The number of carbonyl (C=O) groups excluding carboxylic acids is 1. The standard InChI is InChI=1S/C32H37NO2/c1-4-6-7-8-9-10-25-11-14-27(15-12-25)28-16-18-29(19-17-28)32(34)35-31-20-13-26(21-24(3)5-2)22-30(31)23-33/h11-20,22,24H,4-10,21H2,1-3H3. The number of nitriles is 1. The first-order chi connectivity index (χ1) is 17.0. The third kappa shape index (κ3) is 7.82. The summed E-state index contributed by atoms with van der Waals surface area (Å²) < 4.78 is 5.57.